The predicted octanol–water partition coefficient (Wildman–Crippen LogP) is 5.00. The van der Waals surface area contributed by atoms with Gasteiger partial charge in [-0.3, -0.25) is 4.79 Å². The number of pyridine rings is 1. The SMILES string of the molecule is CC(C)(C)NC(=O)N1CC[C@H](Nc2ccc(NC(=O)c3nc(-c4ccccc4)oc3C(F)(F)F)cn2)C1. The third-order valence-corrected chi connectivity index (χ3v) is 5.45. The van der Waals surface area contributed by atoms with Gasteiger partial charge in [-0.25, -0.2) is 14.8 Å². The van der Waals surface area contributed by atoms with Gasteiger partial charge in [0.15, 0.2) is 5.69 Å². The number of carbonyl (C=O) groups excluding carboxylic acids is 2. The third-order valence-electron chi connectivity index (χ3n) is 5.45. The molecule has 3 N–H and O–H groups in total. The number of halogens is 3. The number of nitrogens with zero attached hydrogens (tertiary/aromatic N) is 3. The maximum Gasteiger partial charge on any atom is 0.452 e. The Balaban J connectivity index is 1.40. The van der Waals surface area contributed by atoms with Crippen LogP contribution in [-0.4, -0.2) is 51.5 Å². The molecule has 0 unspecified atom stereocenters. The van der Waals surface area contributed by atoms with Gasteiger partial charge in [-0.05, 0) is 51.5 Å². The van der Waals surface area contributed by atoms with Crippen molar-refractivity contribution in [2.75, 3.05) is 23.7 Å². The van der Waals surface area contributed by atoms with Crippen LogP contribution >= 0.6 is 0 Å². The number of oxazole rings is 1. The van der Waals surface area contributed by atoms with Gasteiger partial charge in [-0.15, -0.1) is 0 Å². The van der Waals surface area contributed by atoms with Crippen molar-refractivity contribution in [2.24, 2.45) is 0 Å². The number of anilines is 2. The summed E-state index contributed by atoms with van der Waals surface area (Å²) in [7, 11) is 0. The Bertz CT molecular complexity index is 1250. The first-order chi connectivity index (χ1) is 17.4. The number of nitrogens with one attached hydrogen (secondary N) is 3. The molecule has 1 saturated heterocycles. The van der Waals surface area contributed by atoms with Gasteiger partial charge >= 0.3 is 12.2 Å². The summed E-state index contributed by atoms with van der Waals surface area (Å²) in [5.41, 5.74) is -0.704. The molecule has 37 heavy (non-hydrogen) atoms. The number of hydrogen-bond donors (Lipinski definition) is 3. The van der Waals surface area contributed by atoms with E-state index in [1.54, 1.807) is 29.2 Å². The number of benzene rings is 1. The monoisotopic (exact) mass is 516 g/mol. The first-order valence-corrected chi connectivity index (χ1v) is 11.6. The van der Waals surface area contributed by atoms with E-state index >= 15 is 0 Å². The average Bonchev–Trinajstić information content (AvgIpc) is 3.48. The van der Waals surface area contributed by atoms with Crippen LogP contribution in [-0.2, 0) is 6.18 Å². The lowest BCUT2D eigenvalue weighted by Crippen LogP contribution is -2.48. The van der Waals surface area contributed by atoms with Gasteiger partial charge in [0.25, 0.3) is 5.91 Å². The summed E-state index contributed by atoms with van der Waals surface area (Å²) in [5, 5.41) is 8.55. The van der Waals surface area contributed by atoms with Crippen molar-refractivity contribution in [2.45, 2.75) is 44.9 Å². The molecular formula is C25H27F3N6O3. The van der Waals surface area contributed by atoms with E-state index in [-0.39, 0.29) is 29.2 Å². The lowest BCUT2D eigenvalue weighted by Gasteiger charge is -2.25. The maximum atomic E-state index is 13.5. The predicted molar refractivity (Wildman–Crippen MR) is 131 cm³/mol. The Kier molecular flexibility index (Phi) is 7.10. The molecule has 1 aliphatic rings. The van der Waals surface area contributed by atoms with Gasteiger partial charge in [0.2, 0.25) is 11.7 Å². The van der Waals surface area contributed by atoms with E-state index in [1.165, 1.54) is 24.4 Å². The maximum absolute atomic E-state index is 13.5. The molecule has 196 valence electrons. The average molecular weight is 517 g/mol. The molecule has 3 aromatic rings. The topological polar surface area (TPSA) is 112 Å². The summed E-state index contributed by atoms with van der Waals surface area (Å²) in [6.07, 6.45) is -2.85. The van der Waals surface area contributed by atoms with Gasteiger partial charge in [0.1, 0.15) is 5.82 Å². The fourth-order valence-corrected chi connectivity index (χ4v) is 3.79. The molecule has 9 nitrogen and oxygen atoms in total. The van der Waals surface area contributed by atoms with Crippen molar-refractivity contribution in [3.05, 3.63) is 60.1 Å². The summed E-state index contributed by atoms with van der Waals surface area (Å²) in [4.78, 5) is 34.8. The number of alkyl halides is 3. The Labute approximate surface area is 211 Å². The van der Waals surface area contributed by atoms with E-state index < -0.39 is 23.5 Å². The van der Waals surface area contributed by atoms with E-state index in [0.29, 0.717) is 24.5 Å². The molecule has 3 amide bonds. The van der Waals surface area contributed by atoms with E-state index in [2.05, 4.69) is 25.9 Å². The first-order valence-electron chi connectivity index (χ1n) is 11.6. The van der Waals surface area contributed by atoms with Crippen LogP contribution < -0.4 is 16.0 Å². The van der Waals surface area contributed by atoms with E-state index in [0.717, 1.165) is 6.42 Å². The molecule has 4 rings (SSSR count). The quantitative estimate of drug-likeness (QED) is 0.440. The second kappa shape index (κ2) is 10.1. The highest BCUT2D eigenvalue weighted by atomic mass is 19.4. The number of rotatable bonds is 5. The molecule has 0 aliphatic carbocycles. The van der Waals surface area contributed by atoms with E-state index in [9.17, 15) is 22.8 Å². The van der Waals surface area contributed by atoms with Gasteiger partial charge in [-0.2, -0.15) is 13.2 Å². The van der Waals surface area contributed by atoms with E-state index in [1.807, 2.05) is 20.8 Å². The zero-order chi connectivity index (χ0) is 26.8. The minimum atomic E-state index is -4.91. The van der Waals surface area contributed by atoms with Crippen LogP contribution in [0.4, 0.5) is 29.5 Å². The second-order valence-electron chi connectivity index (χ2n) is 9.70. The summed E-state index contributed by atoms with van der Waals surface area (Å²) in [6, 6.07) is 11.0. The molecular weight excluding hydrogens is 489 g/mol. The van der Waals surface area contributed by atoms with E-state index in [4.69, 9.17) is 4.42 Å². The van der Waals surface area contributed by atoms with Gasteiger partial charge in [-0.1, -0.05) is 18.2 Å². The Hall–Kier alpha value is -4.09. The molecule has 3 heterocycles. The molecule has 0 bridgehead atoms. The molecule has 0 radical (unpaired) electrons. The van der Waals surface area contributed by atoms with Crippen LogP contribution in [0.1, 0.15) is 43.4 Å². The fourth-order valence-electron chi connectivity index (χ4n) is 3.79. The fraction of sp³-hybridized carbons (Fsp3) is 0.360. The molecule has 1 aliphatic heterocycles. The number of carbonyl (C=O) groups is 2. The van der Waals surface area contributed by atoms with Crippen molar-refractivity contribution in [1.29, 1.82) is 0 Å². The second-order valence-corrected chi connectivity index (χ2v) is 9.70. The molecule has 1 aromatic carbocycles. The smallest absolute Gasteiger partial charge is 0.431 e. The Morgan fingerprint density at radius 2 is 1.81 bits per heavy atom. The minimum absolute atomic E-state index is 0.0143. The molecule has 0 spiro atoms. The largest absolute Gasteiger partial charge is 0.452 e. The third kappa shape index (κ3) is 6.57. The Morgan fingerprint density at radius 3 is 2.43 bits per heavy atom. The van der Waals surface area contributed by atoms with Crippen molar-refractivity contribution in [3.63, 3.8) is 0 Å². The van der Waals surface area contributed by atoms with Crippen LogP contribution in [0.5, 0.6) is 0 Å². The zero-order valence-electron chi connectivity index (χ0n) is 20.5. The highest BCUT2D eigenvalue weighted by molar-refractivity contribution is 6.04. The van der Waals surface area contributed by atoms with Gasteiger partial charge in [0.05, 0.1) is 11.9 Å². The number of aromatic nitrogens is 2. The lowest BCUT2D eigenvalue weighted by molar-refractivity contribution is -0.153. The van der Waals surface area contributed by atoms with Crippen molar-refractivity contribution < 1.29 is 27.2 Å². The summed E-state index contributed by atoms with van der Waals surface area (Å²) in [6.45, 7) is 6.83. The number of likely N-dealkylation sites (tertiary alicyclic amines) is 1. The molecule has 2 aromatic heterocycles. The highest BCUT2D eigenvalue weighted by Crippen LogP contribution is 2.35. The van der Waals surface area contributed by atoms with Crippen LogP contribution in [0.3, 0.4) is 0 Å². The van der Waals surface area contributed by atoms with Gasteiger partial charge in [0, 0.05) is 30.2 Å². The molecule has 1 atom stereocenters. The minimum Gasteiger partial charge on any atom is -0.431 e. The highest BCUT2D eigenvalue weighted by Gasteiger charge is 2.42. The summed E-state index contributed by atoms with van der Waals surface area (Å²) in [5.74, 6) is -2.35. The van der Waals surface area contributed by atoms with Crippen LogP contribution in [0, 0.1) is 0 Å². The number of hydrogen-bond acceptors (Lipinski definition) is 6. The van der Waals surface area contributed by atoms with Crippen LogP contribution in [0.15, 0.2) is 53.1 Å². The number of urea groups is 1. The lowest BCUT2D eigenvalue weighted by atomic mass is 10.1. The van der Waals surface area contributed by atoms with Crippen molar-refractivity contribution in [3.8, 4) is 11.5 Å². The number of amides is 3. The zero-order valence-corrected chi connectivity index (χ0v) is 20.5. The molecule has 1 fully saturated rings. The van der Waals surface area contributed by atoms with Gasteiger partial charge < -0.3 is 25.3 Å². The van der Waals surface area contributed by atoms with Crippen LogP contribution in [0.25, 0.3) is 11.5 Å². The van der Waals surface area contributed by atoms with Crippen molar-refractivity contribution >= 4 is 23.4 Å². The van der Waals surface area contributed by atoms with Crippen molar-refractivity contribution in [1.82, 2.24) is 20.2 Å². The molecule has 0 saturated carbocycles. The standard InChI is InChI=1S/C25H27F3N6O3/c1-24(2,3)33-23(36)34-12-11-17(14-34)30-18-10-9-16(13-29-18)31-21(35)19-20(25(26,27)28)37-22(32-19)15-7-5-4-6-8-15/h4-10,13,17H,11-12,14H2,1-3H3,(H,29,30)(H,31,35)(H,33,36)/t17-/m0/s1. The summed E-state index contributed by atoms with van der Waals surface area (Å²) < 4.78 is 45.5. The molecule has 12 heteroatoms. The Morgan fingerprint density at radius 1 is 1.08 bits per heavy atom. The summed E-state index contributed by atoms with van der Waals surface area (Å²) >= 11 is 0. The van der Waals surface area contributed by atoms with Crippen LogP contribution in [0.2, 0.25) is 0 Å². The normalized spacial score (nSPS) is 15.9. The first kappa shape index (κ1) is 26.0.